The van der Waals surface area contributed by atoms with Crippen LogP contribution in [0.2, 0.25) is 0 Å². The second kappa shape index (κ2) is 11.1. The van der Waals surface area contributed by atoms with Gasteiger partial charge in [-0.3, -0.25) is 4.99 Å². The summed E-state index contributed by atoms with van der Waals surface area (Å²) in [4.78, 5) is 4.33. The minimum atomic E-state index is 0.218. The summed E-state index contributed by atoms with van der Waals surface area (Å²) in [6.45, 7) is 6.65. The van der Waals surface area contributed by atoms with Crippen molar-refractivity contribution in [3.8, 4) is 5.75 Å². The minimum Gasteiger partial charge on any atom is -0.491 e. The zero-order valence-electron chi connectivity index (χ0n) is 17.1. The lowest BCUT2D eigenvalue weighted by atomic mass is 10.1. The summed E-state index contributed by atoms with van der Waals surface area (Å²) in [6, 6.07) is 6.33. The number of rotatable bonds is 8. The summed E-state index contributed by atoms with van der Waals surface area (Å²) < 4.78 is 17.1. The van der Waals surface area contributed by atoms with E-state index in [9.17, 15) is 0 Å². The maximum Gasteiger partial charge on any atom is 0.191 e. The van der Waals surface area contributed by atoms with Gasteiger partial charge >= 0.3 is 0 Å². The first-order valence-electron chi connectivity index (χ1n) is 10.3. The van der Waals surface area contributed by atoms with Crippen LogP contribution in [0.25, 0.3) is 0 Å². The van der Waals surface area contributed by atoms with Crippen molar-refractivity contribution < 1.29 is 14.2 Å². The predicted molar refractivity (Wildman–Crippen MR) is 112 cm³/mol. The van der Waals surface area contributed by atoms with E-state index in [1.165, 1.54) is 11.1 Å². The number of guanidine groups is 1. The Morgan fingerprint density at radius 3 is 2.96 bits per heavy atom. The molecule has 0 bridgehead atoms. The van der Waals surface area contributed by atoms with Crippen molar-refractivity contribution in [1.82, 2.24) is 10.6 Å². The maximum atomic E-state index is 6.08. The van der Waals surface area contributed by atoms with Gasteiger partial charge in [-0.05, 0) is 44.2 Å². The average Bonchev–Trinajstić information content (AvgIpc) is 3.24. The molecule has 0 saturated carbocycles. The van der Waals surface area contributed by atoms with Gasteiger partial charge in [0.15, 0.2) is 5.96 Å². The molecule has 1 atom stereocenters. The van der Waals surface area contributed by atoms with Gasteiger partial charge < -0.3 is 24.8 Å². The van der Waals surface area contributed by atoms with E-state index < -0.39 is 0 Å². The monoisotopic (exact) mass is 387 g/mol. The number of ether oxygens (including phenoxy) is 3. The molecule has 0 aliphatic carbocycles. The van der Waals surface area contributed by atoms with Crippen molar-refractivity contribution in [2.45, 2.75) is 45.3 Å². The first kappa shape index (κ1) is 20.7. The first-order chi connectivity index (χ1) is 13.7. The highest BCUT2D eigenvalue weighted by Crippen LogP contribution is 2.22. The quantitative estimate of drug-likeness (QED) is 0.408. The highest BCUT2D eigenvalue weighted by molar-refractivity contribution is 5.79. The number of nitrogens with one attached hydrogen (secondary N) is 2. The summed E-state index contributed by atoms with van der Waals surface area (Å²) in [5.41, 5.74) is 3.77. The second-order valence-corrected chi connectivity index (χ2v) is 7.35. The van der Waals surface area contributed by atoms with Crippen molar-refractivity contribution in [2.24, 2.45) is 4.99 Å². The summed E-state index contributed by atoms with van der Waals surface area (Å²) in [7, 11) is 1.80. The fourth-order valence-corrected chi connectivity index (χ4v) is 3.43. The SMILES string of the molecule is CN=C(NCCC1=CCOCC1)NCc1ccc(C)cc1OCC1CCCO1. The molecule has 6 nitrogen and oxygen atoms in total. The van der Waals surface area contributed by atoms with Crippen LogP contribution in [0.5, 0.6) is 5.75 Å². The molecule has 1 aromatic rings. The van der Waals surface area contributed by atoms with Gasteiger partial charge in [0.1, 0.15) is 12.4 Å². The van der Waals surface area contributed by atoms with Crippen molar-refractivity contribution in [2.75, 3.05) is 40.0 Å². The van der Waals surface area contributed by atoms with Crippen molar-refractivity contribution >= 4 is 5.96 Å². The first-order valence-corrected chi connectivity index (χ1v) is 10.3. The third-order valence-corrected chi connectivity index (χ3v) is 5.14. The van der Waals surface area contributed by atoms with Crippen LogP contribution in [0.1, 0.15) is 36.8 Å². The lowest BCUT2D eigenvalue weighted by Crippen LogP contribution is -2.37. The number of aliphatic imine (C=N–C) groups is 1. The van der Waals surface area contributed by atoms with Gasteiger partial charge in [0, 0.05) is 32.3 Å². The molecule has 1 fully saturated rings. The molecule has 0 amide bonds. The molecule has 1 saturated heterocycles. The lowest BCUT2D eigenvalue weighted by Gasteiger charge is -2.18. The number of benzene rings is 1. The standard InChI is InChI=1S/C22H33N3O3/c1-17-5-6-19(21(14-17)28-16-20-4-3-11-27-20)15-25-22(23-2)24-10-7-18-8-12-26-13-9-18/h5-6,8,14,20H,3-4,7,9-13,15-16H2,1-2H3,(H2,23,24,25). The van der Waals surface area contributed by atoms with E-state index in [2.05, 4.69) is 46.8 Å². The second-order valence-electron chi connectivity index (χ2n) is 7.35. The minimum absolute atomic E-state index is 0.218. The Hall–Kier alpha value is -2.05. The molecular formula is C22H33N3O3. The van der Waals surface area contributed by atoms with Gasteiger partial charge in [0.2, 0.25) is 0 Å². The molecule has 1 aromatic carbocycles. The van der Waals surface area contributed by atoms with Crippen LogP contribution in [0.4, 0.5) is 0 Å². The summed E-state index contributed by atoms with van der Waals surface area (Å²) in [5, 5.41) is 6.79. The molecule has 154 valence electrons. The molecule has 2 aliphatic heterocycles. The third-order valence-electron chi connectivity index (χ3n) is 5.14. The molecule has 0 spiro atoms. The molecule has 0 aromatic heterocycles. The zero-order valence-corrected chi connectivity index (χ0v) is 17.1. The van der Waals surface area contributed by atoms with E-state index in [-0.39, 0.29) is 6.10 Å². The Morgan fingerprint density at radius 1 is 1.29 bits per heavy atom. The Morgan fingerprint density at radius 2 is 2.21 bits per heavy atom. The Kier molecular flexibility index (Phi) is 8.18. The van der Waals surface area contributed by atoms with Crippen molar-refractivity contribution in [3.05, 3.63) is 41.0 Å². The molecule has 2 heterocycles. The normalized spacial score (nSPS) is 20.0. The number of nitrogens with zero attached hydrogens (tertiary/aromatic N) is 1. The topological polar surface area (TPSA) is 64.1 Å². The third kappa shape index (κ3) is 6.53. The van der Waals surface area contributed by atoms with Gasteiger partial charge in [-0.1, -0.05) is 23.8 Å². The average molecular weight is 388 g/mol. The highest BCUT2D eigenvalue weighted by atomic mass is 16.5. The van der Waals surface area contributed by atoms with E-state index in [0.29, 0.717) is 13.2 Å². The Labute approximate surface area is 168 Å². The van der Waals surface area contributed by atoms with Gasteiger partial charge in [0.25, 0.3) is 0 Å². The van der Waals surface area contributed by atoms with E-state index in [0.717, 1.165) is 69.3 Å². The van der Waals surface area contributed by atoms with Gasteiger partial charge in [0.05, 0.1) is 19.3 Å². The van der Waals surface area contributed by atoms with Crippen LogP contribution >= 0.6 is 0 Å². The van der Waals surface area contributed by atoms with Crippen molar-refractivity contribution in [3.63, 3.8) is 0 Å². The Bertz CT molecular complexity index is 682. The van der Waals surface area contributed by atoms with Gasteiger partial charge in [-0.25, -0.2) is 0 Å². The molecule has 2 aliphatic rings. The molecular weight excluding hydrogens is 354 g/mol. The molecule has 2 N–H and O–H groups in total. The van der Waals surface area contributed by atoms with E-state index in [1.807, 2.05) is 0 Å². The smallest absolute Gasteiger partial charge is 0.191 e. The molecule has 6 heteroatoms. The van der Waals surface area contributed by atoms with Crippen molar-refractivity contribution in [1.29, 1.82) is 0 Å². The zero-order chi connectivity index (χ0) is 19.6. The molecule has 3 rings (SSSR count). The van der Waals surface area contributed by atoms with E-state index >= 15 is 0 Å². The Balaban J connectivity index is 1.48. The number of hydrogen-bond donors (Lipinski definition) is 2. The van der Waals surface area contributed by atoms with Gasteiger partial charge in [-0.2, -0.15) is 0 Å². The van der Waals surface area contributed by atoms with E-state index in [1.54, 1.807) is 7.05 Å². The highest BCUT2D eigenvalue weighted by Gasteiger charge is 2.17. The molecule has 28 heavy (non-hydrogen) atoms. The number of aryl methyl sites for hydroxylation is 1. The predicted octanol–water partition coefficient (Wildman–Crippen LogP) is 2.95. The molecule has 1 unspecified atom stereocenters. The van der Waals surface area contributed by atoms with E-state index in [4.69, 9.17) is 14.2 Å². The number of hydrogen-bond acceptors (Lipinski definition) is 4. The van der Waals surface area contributed by atoms with Crippen LogP contribution < -0.4 is 15.4 Å². The fraction of sp³-hybridized carbons (Fsp3) is 0.591. The van der Waals surface area contributed by atoms with Crippen LogP contribution in [0.15, 0.2) is 34.8 Å². The summed E-state index contributed by atoms with van der Waals surface area (Å²) in [6.07, 6.45) is 6.66. The van der Waals surface area contributed by atoms with Crippen LogP contribution in [0, 0.1) is 6.92 Å². The van der Waals surface area contributed by atoms with Gasteiger partial charge in [-0.15, -0.1) is 0 Å². The summed E-state index contributed by atoms with van der Waals surface area (Å²) >= 11 is 0. The fourth-order valence-electron chi connectivity index (χ4n) is 3.43. The van der Waals surface area contributed by atoms with Crippen LogP contribution in [0.3, 0.4) is 0 Å². The maximum absolute atomic E-state index is 6.08. The summed E-state index contributed by atoms with van der Waals surface area (Å²) in [5.74, 6) is 1.73. The lowest BCUT2D eigenvalue weighted by molar-refractivity contribution is 0.0676. The van der Waals surface area contributed by atoms with Crippen LogP contribution in [-0.2, 0) is 16.0 Å². The molecule has 0 radical (unpaired) electrons. The largest absolute Gasteiger partial charge is 0.491 e. The van der Waals surface area contributed by atoms with Crippen LogP contribution in [-0.4, -0.2) is 52.1 Å².